The van der Waals surface area contributed by atoms with Crippen LogP contribution in [0.2, 0.25) is 0 Å². The predicted octanol–water partition coefficient (Wildman–Crippen LogP) is 0.0481. The molecule has 0 saturated carbocycles. The Hall–Kier alpha value is -1.58. The van der Waals surface area contributed by atoms with Gasteiger partial charge in [-0.15, -0.1) is 0 Å². The highest BCUT2D eigenvalue weighted by molar-refractivity contribution is 8.14. The highest BCUT2D eigenvalue weighted by Crippen LogP contribution is 2.31. The van der Waals surface area contributed by atoms with Crippen LogP contribution in [0.3, 0.4) is 0 Å². The third-order valence-corrected chi connectivity index (χ3v) is 5.30. The zero-order valence-corrected chi connectivity index (χ0v) is 12.5. The number of nitrogens with two attached hydrogens (primary N) is 1. The smallest absolute Gasteiger partial charge is 0.279 e. The molecule has 1 fully saturated rings. The molecule has 0 aromatic heterocycles. The molecule has 2 aliphatic heterocycles. The molecular formula is C12H13N3O4S2. The molecule has 3 rings (SSSR count). The maximum Gasteiger partial charge on any atom is 0.279 e. The second-order valence-corrected chi connectivity index (χ2v) is 7.43. The minimum Gasteiger partial charge on any atom is -0.334 e. The van der Waals surface area contributed by atoms with E-state index in [0.717, 1.165) is 17.3 Å². The Morgan fingerprint density at radius 2 is 2.19 bits per heavy atom. The van der Waals surface area contributed by atoms with Gasteiger partial charge in [0, 0.05) is 18.0 Å². The zero-order chi connectivity index (χ0) is 15.2. The monoisotopic (exact) mass is 327 g/mol. The van der Waals surface area contributed by atoms with Crippen LogP contribution in [-0.2, 0) is 21.2 Å². The molecule has 0 aliphatic carbocycles. The molecule has 0 spiro atoms. The van der Waals surface area contributed by atoms with Crippen molar-refractivity contribution in [2.75, 3.05) is 17.2 Å². The van der Waals surface area contributed by atoms with Gasteiger partial charge in [-0.05, 0) is 30.2 Å². The average molecular weight is 327 g/mol. The molecule has 1 aromatic rings. The van der Waals surface area contributed by atoms with Crippen LogP contribution in [0, 0.1) is 0 Å². The van der Waals surface area contributed by atoms with E-state index in [2.05, 4.69) is 5.32 Å². The van der Waals surface area contributed by atoms with E-state index < -0.39 is 16.1 Å². The number of nitrogens with zero attached hydrogens (tertiary/aromatic N) is 1. The first-order valence-corrected chi connectivity index (χ1v) is 8.80. The van der Waals surface area contributed by atoms with Crippen molar-refractivity contribution in [3.63, 3.8) is 0 Å². The van der Waals surface area contributed by atoms with E-state index in [9.17, 15) is 18.0 Å². The lowest BCUT2D eigenvalue weighted by molar-refractivity contribution is -0.119. The summed E-state index contributed by atoms with van der Waals surface area (Å²) in [6, 6.07) is 3.96. The van der Waals surface area contributed by atoms with E-state index in [4.69, 9.17) is 5.14 Å². The molecule has 3 N–H and O–H groups in total. The van der Waals surface area contributed by atoms with Gasteiger partial charge in [0.2, 0.25) is 15.9 Å². The number of benzene rings is 1. The number of rotatable bonds is 2. The largest absolute Gasteiger partial charge is 0.334 e. The molecule has 0 radical (unpaired) electrons. The first-order valence-electron chi connectivity index (χ1n) is 6.26. The molecule has 9 heteroatoms. The van der Waals surface area contributed by atoms with Gasteiger partial charge in [-0.1, -0.05) is 11.8 Å². The summed E-state index contributed by atoms with van der Waals surface area (Å²) in [7, 11) is -3.75. The number of carbonyl (C=O) groups excluding carboxylic acids is 2. The lowest BCUT2D eigenvalue weighted by Gasteiger charge is -2.20. The lowest BCUT2D eigenvalue weighted by atomic mass is 10.2. The van der Waals surface area contributed by atoms with Gasteiger partial charge in [0.25, 0.3) is 5.24 Å². The summed E-state index contributed by atoms with van der Waals surface area (Å²) in [4.78, 5) is 25.2. The number of thioether (sulfide) groups is 1. The molecule has 1 atom stereocenters. The molecule has 0 bridgehead atoms. The number of nitrogens with one attached hydrogen (secondary N) is 1. The number of amides is 2. The van der Waals surface area contributed by atoms with E-state index in [0.29, 0.717) is 24.4 Å². The summed E-state index contributed by atoms with van der Waals surface area (Å²) in [6.45, 7) is 0.472. The van der Waals surface area contributed by atoms with Crippen molar-refractivity contribution < 1.29 is 18.0 Å². The molecule has 112 valence electrons. The third kappa shape index (κ3) is 2.63. The number of sulfonamides is 1. The van der Waals surface area contributed by atoms with Gasteiger partial charge in [0.15, 0.2) is 0 Å². The molecule has 2 heterocycles. The van der Waals surface area contributed by atoms with Crippen molar-refractivity contribution in [3.8, 4) is 0 Å². The van der Waals surface area contributed by atoms with E-state index in [-0.39, 0.29) is 16.0 Å². The molecule has 1 unspecified atom stereocenters. The van der Waals surface area contributed by atoms with Crippen LogP contribution < -0.4 is 15.4 Å². The van der Waals surface area contributed by atoms with Crippen molar-refractivity contribution in [2.45, 2.75) is 17.4 Å². The number of hydrogen-bond acceptors (Lipinski definition) is 5. The fourth-order valence-electron chi connectivity index (χ4n) is 2.49. The van der Waals surface area contributed by atoms with E-state index in [1.807, 2.05) is 0 Å². The molecular weight excluding hydrogens is 314 g/mol. The summed E-state index contributed by atoms with van der Waals surface area (Å²) in [5.41, 5.74) is 1.45. The summed E-state index contributed by atoms with van der Waals surface area (Å²) in [5.74, 6) is 0.245. The number of fused-ring (bicyclic) bond motifs is 1. The van der Waals surface area contributed by atoms with Crippen molar-refractivity contribution in [1.82, 2.24) is 5.32 Å². The summed E-state index contributed by atoms with van der Waals surface area (Å²) in [6.07, 6.45) is 0.568. The van der Waals surface area contributed by atoms with E-state index in [1.54, 1.807) is 11.0 Å². The normalized spacial score (nSPS) is 21.3. The maximum atomic E-state index is 12.4. The van der Waals surface area contributed by atoms with Crippen molar-refractivity contribution in [1.29, 1.82) is 0 Å². The van der Waals surface area contributed by atoms with Crippen LogP contribution in [0.15, 0.2) is 23.1 Å². The predicted molar refractivity (Wildman–Crippen MR) is 78.6 cm³/mol. The fourth-order valence-corrected chi connectivity index (χ4v) is 3.82. The maximum absolute atomic E-state index is 12.4. The van der Waals surface area contributed by atoms with Crippen LogP contribution in [0.25, 0.3) is 0 Å². The van der Waals surface area contributed by atoms with Gasteiger partial charge in [-0.2, -0.15) is 0 Å². The average Bonchev–Trinajstić information content (AvgIpc) is 3.02. The number of anilines is 1. The fraction of sp³-hybridized carbons (Fsp3) is 0.333. The minimum absolute atomic E-state index is 0.0419. The molecule has 7 nitrogen and oxygen atoms in total. The van der Waals surface area contributed by atoms with Gasteiger partial charge < -0.3 is 10.2 Å². The van der Waals surface area contributed by atoms with Crippen molar-refractivity contribution in [3.05, 3.63) is 23.8 Å². The molecule has 2 aliphatic rings. The van der Waals surface area contributed by atoms with Crippen LogP contribution in [0.5, 0.6) is 0 Å². The minimum atomic E-state index is -3.75. The summed E-state index contributed by atoms with van der Waals surface area (Å²) in [5, 5.41) is 7.52. The summed E-state index contributed by atoms with van der Waals surface area (Å²) >= 11 is 1.09. The molecule has 1 aromatic carbocycles. The first kappa shape index (κ1) is 14.4. The Balaban J connectivity index is 1.87. The Bertz CT molecular complexity index is 732. The van der Waals surface area contributed by atoms with Crippen LogP contribution in [0.1, 0.15) is 5.56 Å². The second-order valence-electron chi connectivity index (χ2n) is 4.87. The zero-order valence-electron chi connectivity index (χ0n) is 10.9. The number of hydrogen-bond donors (Lipinski definition) is 2. The quantitative estimate of drug-likeness (QED) is 0.797. The lowest BCUT2D eigenvalue weighted by Crippen LogP contribution is -2.45. The molecule has 1 saturated heterocycles. The van der Waals surface area contributed by atoms with Crippen LogP contribution in [-0.4, -0.2) is 37.9 Å². The molecule has 21 heavy (non-hydrogen) atoms. The second kappa shape index (κ2) is 5.00. The summed E-state index contributed by atoms with van der Waals surface area (Å²) < 4.78 is 22.7. The van der Waals surface area contributed by atoms with Gasteiger partial charge in [0.1, 0.15) is 6.04 Å². The third-order valence-electron chi connectivity index (χ3n) is 3.51. The van der Waals surface area contributed by atoms with Crippen LogP contribution in [0.4, 0.5) is 10.5 Å². The Morgan fingerprint density at radius 1 is 1.43 bits per heavy atom. The van der Waals surface area contributed by atoms with E-state index in [1.165, 1.54) is 12.1 Å². The first-order chi connectivity index (χ1) is 9.86. The molecule has 2 amide bonds. The standard InChI is InChI=1S/C12H13N3O4S2/c13-21(18,19)8-1-2-10-7(5-8)3-4-15(10)11(16)9-6-20-12(17)14-9/h1-2,5,9H,3-4,6H2,(H,14,17)(H2,13,18,19). The highest BCUT2D eigenvalue weighted by atomic mass is 32.2. The van der Waals surface area contributed by atoms with E-state index >= 15 is 0 Å². The van der Waals surface area contributed by atoms with Crippen molar-refractivity contribution >= 4 is 38.6 Å². The van der Waals surface area contributed by atoms with Crippen molar-refractivity contribution in [2.24, 2.45) is 5.14 Å². The Morgan fingerprint density at radius 3 is 2.81 bits per heavy atom. The SMILES string of the molecule is NS(=O)(=O)c1ccc2c(c1)CCN2C(=O)C1CSC(=O)N1. The highest BCUT2D eigenvalue weighted by Gasteiger charge is 2.35. The van der Waals surface area contributed by atoms with Crippen LogP contribution >= 0.6 is 11.8 Å². The van der Waals surface area contributed by atoms with Gasteiger partial charge in [0.05, 0.1) is 4.90 Å². The van der Waals surface area contributed by atoms with Gasteiger partial charge >= 0.3 is 0 Å². The number of primary sulfonamides is 1. The Labute approximate surface area is 125 Å². The van der Waals surface area contributed by atoms with Gasteiger partial charge in [-0.25, -0.2) is 13.6 Å². The topological polar surface area (TPSA) is 110 Å². The number of carbonyl (C=O) groups is 2. The van der Waals surface area contributed by atoms with Gasteiger partial charge in [-0.3, -0.25) is 9.59 Å². The Kier molecular flexibility index (Phi) is 3.42.